The number of benzene rings is 1. The second-order valence-corrected chi connectivity index (χ2v) is 6.67. The standard InChI is InChI=1S/C17H18N4S/c18-17-12-5-1-2-6-13(12)19-16(20-17)11-21-9-3-7-14(21)15-8-4-10-22-15/h1-2,4-6,8,10,14H,3,7,9,11H2,(H2,18,19,20). The minimum absolute atomic E-state index is 0.497. The molecule has 0 radical (unpaired) electrons. The molecule has 2 aromatic heterocycles. The Kier molecular flexibility index (Phi) is 3.52. The van der Waals surface area contributed by atoms with E-state index in [1.807, 2.05) is 35.6 Å². The number of hydrogen-bond donors (Lipinski definition) is 1. The maximum Gasteiger partial charge on any atom is 0.145 e. The lowest BCUT2D eigenvalue weighted by atomic mass is 10.2. The number of aromatic nitrogens is 2. The molecular formula is C17H18N4S. The van der Waals surface area contributed by atoms with Crippen LogP contribution in [0.1, 0.15) is 29.6 Å². The lowest BCUT2D eigenvalue weighted by molar-refractivity contribution is 0.245. The van der Waals surface area contributed by atoms with Gasteiger partial charge in [-0.2, -0.15) is 0 Å². The molecule has 0 aliphatic carbocycles. The second-order valence-electron chi connectivity index (χ2n) is 5.69. The number of fused-ring (bicyclic) bond motifs is 1. The van der Waals surface area contributed by atoms with Gasteiger partial charge < -0.3 is 5.73 Å². The van der Waals surface area contributed by atoms with Crippen LogP contribution in [0.5, 0.6) is 0 Å². The summed E-state index contributed by atoms with van der Waals surface area (Å²) < 4.78 is 0. The smallest absolute Gasteiger partial charge is 0.145 e. The zero-order valence-electron chi connectivity index (χ0n) is 12.3. The number of para-hydroxylation sites is 1. The monoisotopic (exact) mass is 310 g/mol. The van der Waals surface area contributed by atoms with Gasteiger partial charge in [0.15, 0.2) is 0 Å². The average molecular weight is 310 g/mol. The van der Waals surface area contributed by atoms with Crippen LogP contribution >= 0.6 is 11.3 Å². The van der Waals surface area contributed by atoms with Crippen LogP contribution in [0, 0.1) is 0 Å². The second kappa shape index (κ2) is 5.66. The summed E-state index contributed by atoms with van der Waals surface area (Å²) in [7, 11) is 0. The van der Waals surface area contributed by atoms with E-state index in [0.29, 0.717) is 11.9 Å². The van der Waals surface area contributed by atoms with Crippen LogP contribution in [0.25, 0.3) is 10.9 Å². The third-order valence-electron chi connectivity index (χ3n) is 4.26. The van der Waals surface area contributed by atoms with Crippen LogP contribution in [0.4, 0.5) is 5.82 Å². The topological polar surface area (TPSA) is 55.0 Å². The average Bonchev–Trinajstić information content (AvgIpc) is 3.18. The molecule has 1 fully saturated rings. The lowest BCUT2D eigenvalue weighted by Crippen LogP contribution is -2.23. The Morgan fingerprint density at radius 3 is 2.95 bits per heavy atom. The fourth-order valence-corrected chi connectivity index (χ4v) is 4.12. The van der Waals surface area contributed by atoms with Gasteiger partial charge in [0.05, 0.1) is 12.1 Å². The summed E-state index contributed by atoms with van der Waals surface area (Å²) >= 11 is 1.83. The summed E-state index contributed by atoms with van der Waals surface area (Å²) in [6, 6.07) is 12.8. The number of likely N-dealkylation sites (tertiary alicyclic amines) is 1. The van der Waals surface area contributed by atoms with Crippen molar-refractivity contribution in [3.05, 3.63) is 52.5 Å². The summed E-state index contributed by atoms with van der Waals surface area (Å²) in [5.41, 5.74) is 7.02. The van der Waals surface area contributed by atoms with Gasteiger partial charge in [-0.3, -0.25) is 4.90 Å². The number of hydrogen-bond acceptors (Lipinski definition) is 5. The summed E-state index contributed by atoms with van der Waals surface area (Å²) in [5, 5.41) is 3.08. The zero-order valence-corrected chi connectivity index (χ0v) is 13.1. The third-order valence-corrected chi connectivity index (χ3v) is 5.23. The third kappa shape index (κ3) is 2.46. The Labute approximate surface area is 133 Å². The molecule has 4 rings (SSSR count). The van der Waals surface area contributed by atoms with Crippen molar-refractivity contribution in [1.29, 1.82) is 0 Å². The van der Waals surface area contributed by atoms with Gasteiger partial charge in [-0.05, 0) is 43.0 Å². The van der Waals surface area contributed by atoms with Crippen LogP contribution in [0.15, 0.2) is 41.8 Å². The van der Waals surface area contributed by atoms with Gasteiger partial charge in [0.1, 0.15) is 11.6 Å². The number of nitrogen functional groups attached to an aromatic ring is 1. The van der Waals surface area contributed by atoms with E-state index in [9.17, 15) is 0 Å². The summed E-state index contributed by atoms with van der Waals surface area (Å²) in [6.07, 6.45) is 2.44. The molecule has 0 bridgehead atoms. The van der Waals surface area contributed by atoms with E-state index in [1.54, 1.807) is 0 Å². The van der Waals surface area contributed by atoms with Gasteiger partial charge >= 0.3 is 0 Å². The van der Waals surface area contributed by atoms with E-state index in [0.717, 1.165) is 29.8 Å². The Bertz CT molecular complexity index is 784. The molecule has 1 atom stereocenters. The summed E-state index contributed by atoms with van der Waals surface area (Å²) in [5.74, 6) is 1.40. The first kappa shape index (κ1) is 13.7. The number of nitrogens with zero attached hydrogens (tertiary/aromatic N) is 3. The molecule has 5 heteroatoms. The molecular weight excluding hydrogens is 292 g/mol. The lowest BCUT2D eigenvalue weighted by Gasteiger charge is -2.22. The molecule has 1 saturated heterocycles. The van der Waals surface area contributed by atoms with Crippen LogP contribution in [0.3, 0.4) is 0 Å². The highest BCUT2D eigenvalue weighted by Gasteiger charge is 2.27. The molecule has 1 aromatic carbocycles. The van der Waals surface area contributed by atoms with Crippen molar-refractivity contribution >= 4 is 28.1 Å². The van der Waals surface area contributed by atoms with Crippen molar-refractivity contribution < 1.29 is 0 Å². The van der Waals surface area contributed by atoms with Crippen molar-refractivity contribution in [2.75, 3.05) is 12.3 Å². The molecule has 2 N–H and O–H groups in total. The van der Waals surface area contributed by atoms with Gasteiger partial charge in [0.25, 0.3) is 0 Å². The van der Waals surface area contributed by atoms with E-state index in [4.69, 9.17) is 5.73 Å². The van der Waals surface area contributed by atoms with Crippen molar-refractivity contribution in [1.82, 2.24) is 14.9 Å². The molecule has 0 amide bonds. The zero-order chi connectivity index (χ0) is 14.9. The van der Waals surface area contributed by atoms with Crippen LogP contribution in [-0.4, -0.2) is 21.4 Å². The van der Waals surface area contributed by atoms with E-state index < -0.39 is 0 Å². The molecule has 1 aliphatic rings. The predicted octanol–water partition coefficient (Wildman–Crippen LogP) is 3.61. The molecule has 22 heavy (non-hydrogen) atoms. The van der Waals surface area contributed by atoms with Gasteiger partial charge in [0, 0.05) is 16.3 Å². The maximum absolute atomic E-state index is 6.09. The largest absolute Gasteiger partial charge is 0.383 e. The Morgan fingerprint density at radius 2 is 2.09 bits per heavy atom. The predicted molar refractivity (Wildman–Crippen MR) is 90.7 cm³/mol. The molecule has 0 saturated carbocycles. The molecule has 1 aliphatic heterocycles. The first-order valence-electron chi connectivity index (χ1n) is 7.60. The fraction of sp³-hybridized carbons (Fsp3) is 0.294. The van der Waals surface area contributed by atoms with E-state index >= 15 is 0 Å². The summed E-state index contributed by atoms with van der Waals surface area (Å²) in [4.78, 5) is 13.1. The van der Waals surface area contributed by atoms with Crippen molar-refractivity contribution in [3.63, 3.8) is 0 Å². The summed E-state index contributed by atoms with van der Waals surface area (Å²) in [6.45, 7) is 1.86. The minimum atomic E-state index is 0.497. The highest BCUT2D eigenvalue weighted by Crippen LogP contribution is 2.35. The van der Waals surface area contributed by atoms with Crippen LogP contribution < -0.4 is 5.73 Å². The van der Waals surface area contributed by atoms with E-state index in [1.165, 1.54) is 17.7 Å². The minimum Gasteiger partial charge on any atom is -0.383 e. The normalized spacial score (nSPS) is 19.0. The van der Waals surface area contributed by atoms with Gasteiger partial charge in [-0.15, -0.1) is 11.3 Å². The molecule has 3 aromatic rings. The van der Waals surface area contributed by atoms with Gasteiger partial charge in [-0.1, -0.05) is 18.2 Å². The van der Waals surface area contributed by atoms with Crippen molar-refractivity contribution in [2.24, 2.45) is 0 Å². The van der Waals surface area contributed by atoms with Crippen LogP contribution in [-0.2, 0) is 6.54 Å². The Balaban J connectivity index is 1.63. The van der Waals surface area contributed by atoms with E-state index in [2.05, 4.69) is 32.4 Å². The molecule has 0 spiro atoms. The first-order chi connectivity index (χ1) is 10.8. The van der Waals surface area contributed by atoms with E-state index in [-0.39, 0.29) is 0 Å². The highest BCUT2D eigenvalue weighted by atomic mass is 32.1. The van der Waals surface area contributed by atoms with Crippen molar-refractivity contribution in [3.8, 4) is 0 Å². The number of thiophene rings is 1. The number of rotatable bonds is 3. The number of anilines is 1. The van der Waals surface area contributed by atoms with Gasteiger partial charge in [-0.25, -0.2) is 9.97 Å². The quantitative estimate of drug-likeness (QED) is 0.803. The van der Waals surface area contributed by atoms with Gasteiger partial charge in [0.2, 0.25) is 0 Å². The molecule has 3 heterocycles. The Hall–Kier alpha value is -1.98. The SMILES string of the molecule is Nc1nc(CN2CCCC2c2cccs2)nc2ccccc12. The molecule has 4 nitrogen and oxygen atoms in total. The first-order valence-corrected chi connectivity index (χ1v) is 8.48. The number of nitrogens with two attached hydrogens (primary N) is 1. The van der Waals surface area contributed by atoms with Crippen LogP contribution in [0.2, 0.25) is 0 Å². The molecule has 1 unspecified atom stereocenters. The maximum atomic E-state index is 6.09. The fourth-order valence-electron chi connectivity index (χ4n) is 3.22. The highest BCUT2D eigenvalue weighted by molar-refractivity contribution is 7.10. The molecule has 112 valence electrons. The Morgan fingerprint density at radius 1 is 1.18 bits per heavy atom. The van der Waals surface area contributed by atoms with Crippen molar-refractivity contribution in [2.45, 2.75) is 25.4 Å².